The highest BCUT2D eigenvalue weighted by atomic mass is 16.5. The zero-order chi connectivity index (χ0) is 11.3. The van der Waals surface area contributed by atoms with Gasteiger partial charge >= 0.3 is 0 Å². The molecule has 0 fully saturated rings. The van der Waals surface area contributed by atoms with E-state index in [1.807, 2.05) is 24.3 Å². The first-order valence-corrected chi connectivity index (χ1v) is 4.85. The van der Waals surface area contributed by atoms with Gasteiger partial charge in [0.05, 0.1) is 7.11 Å². The third-order valence-corrected chi connectivity index (χ3v) is 2.24. The summed E-state index contributed by atoms with van der Waals surface area (Å²) in [6.07, 6.45) is 3.55. The molecule has 80 valence electrons. The van der Waals surface area contributed by atoms with Crippen molar-refractivity contribution in [3.05, 3.63) is 48.6 Å². The lowest BCUT2D eigenvalue weighted by atomic mass is 10.0. The molecule has 0 bridgehead atoms. The fraction of sp³-hybridized carbons (Fsp3) is 0.231. The quantitative estimate of drug-likeness (QED) is 0.588. The zero-order valence-electron chi connectivity index (χ0n) is 8.99. The third kappa shape index (κ3) is 2.88. The molecule has 0 aromatic heterocycles. The van der Waals surface area contributed by atoms with E-state index in [9.17, 15) is 5.11 Å². The van der Waals surface area contributed by atoms with E-state index in [0.717, 1.165) is 29.7 Å². The number of aliphatic hydroxyl groups is 1. The van der Waals surface area contributed by atoms with Gasteiger partial charge in [0.15, 0.2) is 0 Å². The minimum Gasteiger partial charge on any atom is -0.508 e. The molecule has 15 heavy (non-hydrogen) atoms. The van der Waals surface area contributed by atoms with Crippen molar-refractivity contribution in [2.45, 2.75) is 12.8 Å². The molecule has 0 saturated carbocycles. The average molecular weight is 204 g/mol. The third-order valence-electron chi connectivity index (χ3n) is 2.24. The summed E-state index contributed by atoms with van der Waals surface area (Å²) in [7, 11) is 1.63. The lowest BCUT2D eigenvalue weighted by Gasteiger charge is -2.09. The van der Waals surface area contributed by atoms with Gasteiger partial charge in [-0.3, -0.25) is 0 Å². The average Bonchev–Trinajstić information content (AvgIpc) is 2.25. The Morgan fingerprint density at radius 1 is 1.53 bits per heavy atom. The second-order valence-electron chi connectivity index (χ2n) is 3.30. The number of benzene rings is 1. The maximum absolute atomic E-state index is 9.41. The van der Waals surface area contributed by atoms with E-state index < -0.39 is 0 Å². The highest BCUT2D eigenvalue weighted by molar-refractivity contribution is 5.61. The Bertz CT molecular complexity index is 367. The molecule has 0 heterocycles. The van der Waals surface area contributed by atoms with E-state index in [1.54, 1.807) is 7.11 Å². The van der Waals surface area contributed by atoms with Gasteiger partial charge in [-0.1, -0.05) is 12.7 Å². The Hall–Kier alpha value is -1.70. The molecule has 1 rings (SSSR count). The van der Waals surface area contributed by atoms with Crippen LogP contribution in [-0.2, 0) is 6.42 Å². The van der Waals surface area contributed by atoms with Crippen LogP contribution in [0.1, 0.15) is 17.5 Å². The number of aryl methyl sites for hydroxylation is 1. The highest BCUT2D eigenvalue weighted by Crippen LogP contribution is 2.23. The van der Waals surface area contributed by atoms with Gasteiger partial charge in [-0.2, -0.15) is 0 Å². The smallest absolute Gasteiger partial charge is 0.119 e. The van der Waals surface area contributed by atoms with Crippen molar-refractivity contribution in [3.8, 4) is 5.75 Å². The molecule has 0 amide bonds. The predicted octanol–water partition coefficient (Wildman–Crippen LogP) is 3.34. The maximum atomic E-state index is 9.41. The maximum Gasteiger partial charge on any atom is 0.119 e. The summed E-state index contributed by atoms with van der Waals surface area (Å²) in [5.74, 6) is 0.885. The van der Waals surface area contributed by atoms with Gasteiger partial charge in [-0.05, 0) is 36.6 Å². The first kappa shape index (κ1) is 11.4. The lowest BCUT2D eigenvalue weighted by molar-refractivity contribution is 0.414. The van der Waals surface area contributed by atoms with Crippen molar-refractivity contribution in [3.63, 3.8) is 0 Å². The van der Waals surface area contributed by atoms with Gasteiger partial charge in [0, 0.05) is 5.56 Å². The molecule has 0 atom stereocenters. The highest BCUT2D eigenvalue weighted by Gasteiger charge is 2.05. The van der Waals surface area contributed by atoms with Crippen LogP contribution in [0.2, 0.25) is 0 Å². The van der Waals surface area contributed by atoms with Crippen molar-refractivity contribution >= 4 is 5.76 Å². The molecular formula is C13H16O2. The first-order valence-electron chi connectivity index (χ1n) is 4.85. The molecule has 0 aliphatic heterocycles. The van der Waals surface area contributed by atoms with Crippen LogP contribution in [-0.4, -0.2) is 12.2 Å². The van der Waals surface area contributed by atoms with E-state index >= 15 is 0 Å². The SMILES string of the molecule is C=CCCc1cc(OC)ccc1C(=C)O. The van der Waals surface area contributed by atoms with Crippen LogP contribution >= 0.6 is 0 Å². The van der Waals surface area contributed by atoms with E-state index in [4.69, 9.17) is 4.74 Å². The Labute approximate surface area is 90.5 Å². The van der Waals surface area contributed by atoms with Crippen molar-refractivity contribution in [1.82, 2.24) is 0 Å². The number of rotatable bonds is 5. The first-order chi connectivity index (χ1) is 7.19. The van der Waals surface area contributed by atoms with Crippen LogP contribution in [0.4, 0.5) is 0 Å². The normalized spacial score (nSPS) is 9.67. The van der Waals surface area contributed by atoms with E-state index in [-0.39, 0.29) is 5.76 Å². The van der Waals surface area contributed by atoms with Crippen molar-refractivity contribution < 1.29 is 9.84 Å². The second-order valence-corrected chi connectivity index (χ2v) is 3.30. The molecule has 0 saturated heterocycles. The Balaban J connectivity index is 3.04. The Morgan fingerprint density at radius 2 is 2.27 bits per heavy atom. The van der Waals surface area contributed by atoms with Crippen LogP contribution in [0.25, 0.3) is 5.76 Å². The number of hydrogen-bond acceptors (Lipinski definition) is 2. The van der Waals surface area contributed by atoms with Gasteiger partial charge < -0.3 is 9.84 Å². The summed E-state index contributed by atoms with van der Waals surface area (Å²) in [4.78, 5) is 0. The topological polar surface area (TPSA) is 29.5 Å². The van der Waals surface area contributed by atoms with E-state index in [0.29, 0.717) is 0 Å². The fourth-order valence-corrected chi connectivity index (χ4v) is 1.44. The number of ether oxygens (including phenoxy) is 1. The van der Waals surface area contributed by atoms with Crippen molar-refractivity contribution in [2.75, 3.05) is 7.11 Å². The van der Waals surface area contributed by atoms with Gasteiger partial charge in [0.2, 0.25) is 0 Å². The zero-order valence-corrected chi connectivity index (χ0v) is 8.99. The van der Waals surface area contributed by atoms with Gasteiger partial charge in [-0.15, -0.1) is 6.58 Å². The summed E-state index contributed by atoms with van der Waals surface area (Å²) < 4.78 is 5.13. The summed E-state index contributed by atoms with van der Waals surface area (Å²) in [6.45, 7) is 7.22. The van der Waals surface area contributed by atoms with Gasteiger partial charge in [0.25, 0.3) is 0 Å². The van der Waals surface area contributed by atoms with Crippen molar-refractivity contribution in [2.24, 2.45) is 0 Å². The second kappa shape index (κ2) is 5.25. The summed E-state index contributed by atoms with van der Waals surface area (Å²) in [5, 5.41) is 9.41. The summed E-state index contributed by atoms with van der Waals surface area (Å²) in [6, 6.07) is 5.55. The number of aliphatic hydroxyl groups excluding tert-OH is 1. The van der Waals surface area contributed by atoms with Crippen LogP contribution in [0, 0.1) is 0 Å². The van der Waals surface area contributed by atoms with E-state index in [1.165, 1.54) is 0 Å². The van der Waals surface area contributed by atoms with Crippen molar-refractivity contribution in [1.29, 1.82) is 0 Å². The monoisotopic (exact) mass is 204 g/mol. The number of allylic oxidation sites excluding steroid dienone is 1. The summed E-state index contributed by atoms with van der Waals surface area (Å²) >= 11 is 0. The molecule has 0 aliphatic carbocycles. The molecule has 1 N–H and O–H groups in total. The molecular weight excluding hydrogens is 188 g/mol. The van der Waals surface area contributed by atoms with Crippen LogP contribution in [0.5, 0.6) is 5.75 Å². The molecule has 0 radical (unpaired) electrons. The molecule has 2 heteroatoms. The summed E-state index contributed by atoms with van der Waals surface area (Å²) in [5.41, 5.74) is 1.81. The Morgan fingerprint density at radius 3 is 2.80 bits per heavy atom. The Kier molecular flexibility index (Phi) is 3.98. The molecule has 0 unspecified atom stereocenters. The molecule has 2 nitrogen and oxygen atoms in total. The van der Waals surface area contributed by atoms with Crippen LogP contribution < -0.4 is 4.74 Å². The number of methoxy groups -OCH3 is 1. The largest absolute Gasteiger partial charge is 0.508 e. The van der Waals surface area contributed by atoms with E-state index in [2.05, 4.69) is 13.2 Å². The predicted molar refractivity (Wildman–Crippen MR) is 63.2 cm³/mol. The molecule has 0 spiro atoms. The van der Waals surface area contributed by atoms with Gasteiger partial charge in [0.1, 0.15) is 11.5 Å². The minimum atomic E-state index is 0.0942. The molecule has 1 aromatic carbocycles. The minimum absolute atomic E-state index is 0.0942. The van der Waals surface area contributed by atoms with Crippen LogP contribution in [0.15, 0.2) is 37.4 Å². The molecule has 1 aromatic rings. The van der Waals surface area contributed by atoms with Crippen LogP contribution in [0.3, 0.4) is 0 Å². The molecule has 0 aliphatic rings. The lowest BCUT2D eigenvalue weighted by Crippen LogP contribution is -1.94. The van der Waals surface area contributed by atoms with Gasteiger partial charge in [-0.25, -0.2) is 0 Å². The number of hydrogen-bond donors (Lipinski definition) is 1. The standard InChI is InChI=1S/C13H16O2/c1-4-5-6-11-9-12(15-3)7-8-13(11)10(2)14/h4,7-9,14H,1-2,5-6H2,3H3. The fourth-order valence-electron chi connectivity index (χ4n) is 1.44.